The number of rotatable bonds is 6. The second kappa shape index (κ2) is 8.08. The number of halogens is 2. The molecule has 2 aromatic rings. The summed E-state index contributed by atoms with van der Waals surface area (Å²) >= 11 is 12.0. The zero-order valence-corrected chi connectivity index (χ0v) is 16.0. The van der Waals surface area contributed by atoms with Crippen molar-refractivity contribution in [1.29, 1.82) is 0 Å². The molecular formula is C17H17Cl2NO4S. The Labute approximate surface area is 157 Å². The number of carbonyl (C=O) groups is 1. The summed E-state index contributed by atoms with van der Waals surface area (Å²) in [5.41, 5.74) is 0.606. The van der Waals surface area contributed by atoms with Crippen molar-refractivity contribution in [3.8, 4) is 0 Å². The number of anilines is 1. The fourth-order valence-electron chi connectivity index (χ4n) is 2.29. The minimum absolute atomic E-state index is 0.0735. The van der Waals surface area contributed by atoms with Gasteiger partial charge in [0.2, 0.25) is 0 Å². The zero-order chi connectivity index (χ0) is 18.6. The van der Waals surface area contributed by atoms with Crippen molar-refractivity contribution >= 4 is 44.9 Å². The van der Waals surface area contributed by atoms with Crippen LogP contribution in [0, 0.1) is 0 Å². The van der Waals surface area contributed by atoms with Crippen LogP contribution in [0.3, 0.4) is 0 Å². The van der Waals surface area contributed by atoms with E-state index in [1.54, 1.807) is 32.0 Å². The van der Waals surface area contributed by atoms with Crippen molar-refractivity contribution in [3.63, 3.8) is 0 Å². The lowest BCUT2D eigenvalue weighted by atomic mass is 10.2. The molecule has 2 aromatic carbocycles. The van der Waals surface area contributed by atoms with Crippen LogP contribution in [0.25, 0.3) is 0 Å². The molecule has 0 N–H and O–H groups in total. The van der Waals surface area contributed by atoms with Gasteiger partial charge in [0.1, 0.15) is 4.90 Å². The molecule has 134 valence electrons. The Morgan fingerprint density at radius 2 is 1.84 bits per heavy atom. The average molecular weight is 402 g/mol. The number of ether oxygens (including phenoxy) is 1. The highest BCUT2D eigenvalue weighted by atomic mass is 35.5. The average Bonchev–Trinajstić information content (AvgIpc) is 2.58. The number of benzene rings is 2. The van der Waals surface area contributed by atoms with Gasteiger partial charge in [-0.2, -0.15) is 0 Å². The highest BCUT2D eigenvalue weighted by Crippen LogP contribution is 2.30. The molecule has 5 nitrogen and oxygen atoms in total. The number of sulfonamides is 1. The van der Waals surface area contributed by atoms with Crippen LogP contribution in [-0.2, 0) is 14.8 Å². The second-order valence-corrected chi connectivity index (χ2v) is 7.69. The maximum absolute atomic E-state index is 13.0. The first-order valence-electron chi connectivity index (χ1n) is 7.56. The molecule has 0 heterocycles. The van der Waals surface area contributed by atoms with Crippen LogP contribution in [0.4, 0.5) is 5.69 Å². The Balaban J connectivity index is 2.50. The van der Waals surface area contributed by atoms with Gasteiger partial charge in [0, 0.05) is 11.6 Å². The summed E-state index contributed by atoms with van der Waals surface area (Å²) < 4.78 is 32.1. The van der Waals surface area contributed by atoms with Crippen molar-refractivity contribution < 1.29 is 17.9 Å². The van der Waals surface area contributed by atoms with Crippen LogP contribution in [0.1, 0.15) is 24.2 Å². The van der Waals surface area contributed by atoms with Crippen LogP contribution in [0.2, 0.25) is 10.0 Å². The summed E-state index contributed by atoms with van der Waals surface area (Å²) in [5.74, 6) is -0.515. The Hall–Kier alpha value is -1.76. The van der Waals surface area contributed by atoms with Gasteiger partial charge in [-0.1, -0.05) is 29.3 Å². The maximum atomic E-state index is 13.0. The van der Waals surface area contributed by atoms with Gasteiger partial charge in [-0.25, -0.2) is 13.2 Å². The normalized spacial score (nSPS) is 11.2. The van der Waals surface area contributed by atoms with E-state index in [1.807, 2.05) is 0 Å². The Morgan fingerprint density at radius 3 is 2.48 bits per heavy atom. The van der Waals surface area contributed by atoms with E-state index in [4.69, 9.17) is 27.9 Å². The van der Waals surface area contributed by atoms with Gasteiger partial charge in [0.05, 0.1) is 22.9 Å². The number of nitrogens with zero attached hydrogens (tertiary/aromatic N) is 1. The molecule has 0 saturated carbocycles. The van der Waals surface area contributed by atoms with Gasteiger partial charge in [0.25, 0.3) is 10.0 Å². The summed E-state index contributed by atoms with van der Waals surface area (Å²) in [5, 5.41) is 0.337. The molecule has 0 aliphatic heterocycles. The van der Waals surface area contributed by atoms with E-state index in [0.717, 1.165) is 4.31 Å². The van der Waals surface area contributed by atoms with Gasteiger partial charge in [-0.3, -0.25) is 4.31 Å². The first-order chi connectivity index (χ1) is 11.8. The van der Waals surface area contributed by atoms with Gasteiger partial charge in [-0.05, 0) is 50.2 Å². The lowest BCUT2D eigenvalue weighted by molar-refractivity contribution is 0.0526. The number of hydrogen-bond acceptors (Lipinski definition) is 4. The predicted molar refractivity (Wildman–Crippen MR) is 99.1 cm³/mol. The molecule has 0 aliphatic carbocycles. The Bertz CT molecular complexity index is 884. The minimum atomic E-state index is -3.95. The summed E-state index contributed by atoms with van der Waals surface area (Å²) in [6.07, 6.45) is 0. The molecule has 0 radical (unpaired) electrons. The topological polar surface area (TPSA) is 63.7 Å². The first-order valence-corrected chi connectivity index (χ1v) is 9.75. The summed E-state index contributed by atoms with van der Waals surface area (Å²) in [6, 6.07) is 10.5. The molecule has 0 aromatic heterocycles. The standard InChI is InChI=1S/C17H17Cl2NO4S/c1-3-20(14-7-5-6-12(10-14)17(21)24-4-2)25(22,23)16-11-13(18)8-9-15(16)19/h5-11H,3-4H2,1-2H3. The summed E-state index contributed by atoms with van der Waals surface area (Å²) in [4.78, 5) is 11.8. The third-order valence-electron chi connectivity index (χ3n) is 3.39. The maximum Gasteiger partial charge on any atom is 0.338 e. The lowest BCUT2D eigenvalue weighted by Gasteiger charge is -2.24. The lowest BCUT2D eigenvalue weighted by Crippen LogP contribution is -2.31. The van der Waals surface area contributed by atoms with Crippen LogP contribution < -0.4 is 4.31 Å². The van der Waals surface area contributed by atoms with E-state index >= 15 is 0 Å². The van der Waals surface area contributed by atoms with Gasteiger partial charge in [-0.15, -0.1) is 0 Å². The van der Waals surface area contributed by atoms with Gasteiger partial charge < -0.3 is 4.74 Å². The van der Waals surface area contributed by atoms with E-state index in [-0.39, 0.29) is 33.7 Å². The zero-order valence-electron chi connectivity index (χ0n) is 13.7. The number of hydrogen-bond donors (Lipinski definition) is 0. The van der Waals surface area contributed by atoms with E-state index in [9.17, 15) is 13.2 Å². The fourth-order valence-corrected chi connectivity index (χ4v) is 4.49. The monoisotopic (exact) mass is 401 g/mol. The number of carbonyl (C=O) groups excluding carboxylic acids is 1. The highest BCUT2D eigenvalue weighted by Gasteiger charge is 2.27. The van der Waals surface area contributed by atoms with Crippen molar-refractivity contribution in [1.82, 2.24) is 0 Å². The quantitative estimate of drug-likeness (QED) is 0.673. The van der Waals surface area contributed by atoms with Crippen LogP contribution in [-0.4, -0.2) is 27.5 Å². The minimum Gasteiger partial charge on any atom is -0.462 e. The molecule has 0 fully saturated rings. The smallest absolute Gasteiger partial charge is 0.338 e. The molecule has 0 amide bonds. The molecule has 2 rings (SSSR count). The first kappa shape index (κ1) is 19.6. The van der Waals surface area contributed by atoms with E-state index in [2.05, 4.69) is 0 Å². The largest absolute Gasteiger partial charge is 0.462 e. The molecule has 25 heavy (non-hydrogen) atoms. The van der Waals surface area contributed by atoms with Crippen LogP contribution >= 0.6 is 23.2 Å². The molecule has 0 bridgehead atoms. The van der Waals surface area contributed by atoms with Gasteiger partial charge in [0.15, 0.2) is 0 Å². The summed E-state index contributed by atoms with van der Waals surface area (Å²) in [7, 11) is -3.95. The van der Waals surface area contributed by atoms with Crippen molar-refractivity contribution in [2.75, 3.05) is 17.5 Å². The van der Waals surface area contributed by atoms with E-state index < -0.39 is 16.0 Å². The highest BCUT2D eigenvalue weighted by molar-refractivity contribution is 7.93. The molecule has 0 aliphatic rings. The van der Waals surface area contributed by atoms with Crippen LogP contribution in [0.5, 0.6) is 0 Å². The van der Waals surface area contributed by atoms with Crippen molar-refractivity contribution in [3.05, 3.63) is 58.1 Å². The Kier molecular flexibility index (Phi) is 6.32. The van der Waals surface area contributed by atoms with E-state index in [1.165, 1.54) is 24.3 Å². The molecular weight excluding hydrogens is 385 g/mol. The second-order valence-electron chi connectivity index (χ2n) is 5.02. The Morgan fingerprint density at radius 1 is 1.12 bits per heavy atom. The molecule has 0 spiro atoms. The molecule has 0 unspecified atom stereocenters. The SMILES string of the molecule is CCOC(=O)c1cccc(N(CC)S(=O)(=O)c2cc(Cl)ccc2Cl)c1. The van der Waals surface area contributed by atoms with Crippen molar-refractivity contribution in [2.24, 2.45) is 0 Å². The molecule has 0 saturated heterocycles. The van der Waals surface area contributed by atoms with Crippen molar-refractivity contribution in [2.45, 2.75) is 18.7 Å². The fraction of sp³-hybridized carbons (Fsp3) is 0.235. The summed E-state index contributed by atoms with van der Waals surface area (Å²) in [6.45, 7) is 3.77. The predicted octanol–water partition coefficient (Wildman–Crippen LogP) is 4.39. The molecule has 8 heteroatoms. The van der Waals surface area contributed by atoms with Gasteiger partial charge >= 0.3 is 5.97 Å². The third-order valence-corrected chi connectivity index (χ3v) is 6.01. The number of esters is 1. The third kappa shape index (κ3) is 4.26. The molecule has 0 atom stereocenters. The van der Waals surface area contributed by atoms with Crippen LogP contribution in [0.15, 0.2) is 47.4 Å². The van der Waals surface area contributed by atoms with E-state index in [0.29, 0.717) is 5.69 Å².